The number of anilines is 1. The topological polar surface area (TPSA) is 81.7 Å². The molecule has 0 aliphatic carbocycles. The maximum absolute atomic E-state index is 12.5. The summed E-state index contributed by atoms with van der Waals surface area (Å²) in [4.78, 5) is 11.3. The van der Waals surface area contributed by atoms with E-state index < -0.39 is 16.0 Å². The minimum Gasteiger partial charge on any atom is -0.495 e. The van der Waals surface area contributed by atoms with Gasteiger partial charge in [-0.3, -0.25) is 4.72 Å². The molecule has 0 saturated heterocycles. The van der Waals surface area contributed by atoms with E-state index in [-0.39, 0.29) is 31.9 Å². The second-order valence-electron chi connectivity index (χ2n) is 4.57. The molecule has 0 radical (unpaired) electrons. The van der Waals surface area contributed by atoms with Crippen LogP contribution in [0.4, 0.5) is 5.69 Å². The van der Waals surface area contributed by atoms with Crippen molar-refractivity contribution in [1.29, 1.82) is 0 Å². The van der Waals surface area contributed by atoms with Crippen molar-refractivity contribution in [3.8, 4) is 5.75 Å². The highest BCUT2D eigenvalue weighted by Crippen LogP contribution is 2.37. The highest BCUT2D eigenvalue weighted by Gasteiger charge is 2.22. The van der Waals surface area contributed by atoms with Crippen molar-refractivity contribution in [2.24, 2.45) is 0 Å². The molecule has 0 fully saturated rings. The molecule has 0 aromatic heterocycles. The van der Waals surface area contributed by atoms with Gasteiger partial charge >= 0.3 is 5.97 Å². The first-order valence-electron chi connectivity index (χ1n) is 6.53. The second kappa shape index (κ2) is 7.29. The smallest absolute Gasteiger partial charge is 0.337 e. The van der Waals surface area contributed by atoms with Crippen molar-refractivity contribution in [3.63, 3.8) is 0 Å². The summed E-state index contributed by atoms with van der Waals surface area (Å²) in [6.07, 6.45) is 0. The fourth-order valence-corrected chi connectivity index (χ4v) is 3.81. The minimum atomic E-state index is -4.01. The Labute approximate surface area is 149 Å². The maximum atomic E-state index is 12.5. The summed E-state index contributed by atoms with van der Waals surface area (Å²) in [5.74, 6) is -0.324. The maximum Gasteiger partial charge on any atom is 0.337 e. The zero-order valence-corrected chi connectivity index (χ0v) is 15.0. The van der Waals surface area contributed by atoms with Gasteiger partial charge in [-0.25, -0.2) is 13.2 Å². The van der Waals surface area contributed by atoms with Gasteiger partial charge in [0.1, 0.15) is 15.7 Å². The van der Waals surface area contributed by atoms with E-state index in [9.17, 15) is 13.2 Å². The predicted octanol–water partition coefficient (Wildman–Crippen LogP) is 3.59. The number of nitrogens with one attached hydrogen (secondary N) is 1. The molecule has 0 saturated carbocycles. The van der Waals surface area contributed by atoms with Gasteiger partial charge in [-0.2, -0.15) is 0 Å². The van der Waals surface area contributed by atoms with E-state index in [0.29, 0.717) is 0 Å². The third-order valence-corrected chi connectivity index (χ3v) is 5.46. The Morgan fingerprint density at radius 1 is 1.08 bits per heavy atom. The molecule has 0 aliphatic rings. The summed E-state index contributed by atoms with van der Waals surface area (Å²) >= 11 is 12.0. The van der Waals surface area contributed by atoms with Gasteiger partial charge in [0.15, 0.2) is 0 Å². The molecule has 128 valence electrons. The minimum absolute atomic E-state index is 0.00893. The summed E-state index contributed by atoms with van der Waals surface area (Å²) < 4.78 is 36.9. The van der Waals surface area contributed by atoms with E-state index in [1.165, 1.54) is 50.6 Å². The van der Waals surface area contributed by atoms with Crippen LogP contribution in [0, 0.1) is 0 Å². The average Bonchev–Trinajstić information content (AvgIpc) is 2.56. The quantitative estimate of drug-likeness (QED) is 0.790. The number of rotatable bonds is 5. The van der Waals surface area contributed by atoms with E-state index in [0.717, 1.165) is 0 Å². The summed E-state index contributed by atoms with van der Waals surface area (Å²) in [7, 11) is -1.39. The molecule has 0 spiro atoms. The van der Waals surface area contributed by atoms with Gasteiger partial charge < -0.3 is 9.47 Å². The van der Waals surface area contributed by atoms with Crippen molar-refractivity contribution in [2.45, 2.75) is 4.90 Å². The first-order valence-corrected chi connectivity index (χ1v) is 8.77. The molecule has 0 aliphatic heterocycles. The van der Waals surface area contributed by atoms with Crippen LogP contribution in [0.5, 0.6) is 5.75 Å². The van der Waals surface area contributed by atoms with Crippen LogP contribution in [-0.4, -0.2) is 28.6 Å². The van der Waals surface area contributed by atoms with Crippen LogP contribution >= 0.6 is 23.2 Å². The monoisotopic (exact) mass is 389 g/mol. The van der Waals surface area contributed by atoms with Gasteiger partial charge in [0, 0.05) is 5.69 Å². The van der Waals surface area contributed by atoms with Crippen molar-refractivity contribution in [3.05, 3.63) is 52.0 Å². The molecule has 24 heavy (non-hydrogen) atoms. The Morgan fingerprint density at radius 3 is 2.42 bits per heavy atom. The molecule has 0 unspecified atom stereocenters. The Bertz CT molecular complexity index is 883. The molecular weight excluding hydrogens is 377 g/mol. The molecule has 1 N–H and O–H groups in total. The van der Waals surface area contributed by atoms with Crippen LogP contribution in [-0.2, 0) is 14.8 Å². The van der Waals surface area contributed by atoms with Crippen LogP contribution in [0.15, 0.2) is 41.3 Å². The lowest BCUT2D eigenvalue weighted by Gasteiger charge is -2.12. The Kier molecular flexibility index (Phi) is 5.58. The van der Waals surface area contributed by atoms with Crippen LogP contribution in [0.25, 0.3) is 0 Å². The zero-order chi connectivity index (χ0) is 17.9. The molecule has 2 aromatic carbocycles. The molecule has 0 atom stereocenters. The highest BCUT2D eigenvalue weighted by atomic mass is 35.5. The summed E-state index contributed by atoms with van der Waals surface area (Å²) in [5.41, 5.74) is 0.387. The van der Waals surface area contributed by atoms with Crippen molar-refractivity contribution >= 4 is 44.9 Å². The molecule has 0 bridgehead atoms. The fraction of sp³-hybridized carbons (Fsp3) is 0.133. The first-order chi connectivity index (χ1) is 11.3. The van der Waals surface area contributed by atoms with E-state index in [2.05, 4.69) is 9.46 Å². The third kappa shape index (κ3) is 3.75. The molecule has 2 rings (SSSR count). The van der Waals surface area contributed by atoms with Crippen LogP contribution in [0.1, 0.15) is 10.4 Å². The lowest BCUT2D eigenvalue weighted by molar-refractivity contribution is 0.0601. The van der Waals surface area contributed by atoms with Gasteiger partial charge in [-0.05, 0) is 30.3 Å². The predicted molar refractivity (Wildman–Crippen MR) is 91.6 cm³/mol. The molecule has 9 heteroatoms. The molecular formula is C15H13Cl2NO5S. The Hall–Kier alpha value is -1.96. The lowest BCUT2D eigenvalue weighted by atomic mass is 10.2. The third-order valence-electron chi connectivity index (χ3n) is 3.06. The standard InChI is InChI=1S/C15H13Cl2NO5S/c1-22-11-6-7-12(14(17)13(11)16)24(20,21)18-10-5-3-4-9(8-10)15(19)23-2/h3-8,18H,1-2H3. The number of methoxy groups -OCH3 is 2. The van der Waals surface area contributed by atoms with E-state index in [1.54, 1.807) is 0 Å². The van der Waals surface area contributed by atoms with Crippen molar-refractivity contribution in [1.82, 2.24) is 0 Å². The Balaban J connectivity index is 2.39. The van der Waals surface area contributed by atoms with Crippen molar-refractivity contribution in [2.75, 3.05) is 18.9 Å². The number of halogens is 2. The number of benzene rings is 2. The molecule has 0 heterocycles. The highest BCUT2D eigenvalue weighted by molar-refractivity contribution is 7.92. The van der Waals surface area contributed by atoms with Gasteiger partial charge in [0.05, 0.1) is 24.8 Å². The van der Waals surface area contributed by atoms with E-state index in [1.807, 2.05) is 0 Å². The largest absolute Gasteiger partial charge is 0.495 e. The number of esters is 1. The van der Waals surface area contributed by atoms with Crippen molar-refractivity contribution < 1.29 is 22.7 Å². The van der Waals surface area contributed by atoms with Gasteiger partial charge in [0.2, 0.25) is 0 Å². The van der Waals surface area contributed by atoms with Gasteiger partial charge in [-0.1, -0.05) is 29.3 Å². The molecule has 0 amide bonds. The molecule has 6 nitrogen and oxygen atoms in total. The zero-order valence-electron chi connectivity index (χ0n) is 12.7. The van der Waals surface area contributed by atoms with Gasteiger partial charge in [0.25, 0.3) is 10.0 Å². The summed E-state index contributed by atoms with van der Waals surface area (Å²) in [6.45, 7) is 0. The number of carbonyl (C=O) groups is 1. The van der Waals surface area contributed by atoms with E-state index in [4.69, 9.17) is 27.9 Å². The number of carbonyl (C=O) groups excluding carboxylic acids is 1. The summed E-state index contributed by atoms with van der Waals surface area (Å²) in [5, 5.41) is -0.169. The number of ether oxygens (including phenoxy) is 2. The average molecular weight is 390 g/mol. The fourth-order valence-electron chi connectivity index (χ4n) is 1.92. The van der Waals surface area contributed by atoms with Gasteiger partial charge in [-0.15, -0.1) is 0 Å². The van der Waals surface area contributed by atoms with Crippen LogP contribution in [0.2, 0.25) is 10.0 Å². The van der Waals surface area contributed by atoms with Crippen LogP contribution < -0.4 is 9.46 Å². The number of hydrogen-bond acceptors (Lipinski definition) is 5. The number of hydrogen-bond donors (Lipinski definition) is 1. The summed E-state index contributed by atoms with van der Waals surface area (Å²) in [6, 6.07) is 8.53. The SMILES string of the molecule is COC(=O)c1cccc(NS(=O)(=O)c2ccc(OC)c(Cl)c2Cl)c1. The number of sulfonamides is 1. The Morgan fingerprint density at radius 2 is 1.79 bits per heavy atom. The lowest BCUT2D eigenvalue weighted by Crippen LogP contribution is -2.14. The normalized spacial score (nSPS) is 11.0. The van der Waals surface area contributed by atoms with Crippen LogP contribution in [0.3, 0.4) is 0 Å². The first kappa shape index (κ1) is 18.4. The second-order valence-corrected chi connectivity index (χ2v) is 6.98. The van der Waals surface area contributed by atoms with E-state index >= 15 is 0 Å². The molecule has 2 aromatic rings.